The Morgan fingerprint density at radius 2 is 1.79 bits per heavy atom. The number of rotatable bonds is 4. The Hall–Kier alpha value is -3.65. The van der Waals surface area contributed by atoms with Gasteiger partial charge in [0.05, 0.1) is 16.6 Å². The van der Waals surface area contributed by atoms with Crippen LogP contribution in [0.2, 0.25) is 0 Å². The van der Waals surface area contributed by atoms with Gasteiger partial charge in [-0.25, -0.2) is 0 Å². The first-order valence-corrected chi connectivity index (χ1v) is 8.95. The van der Waals surface area contributed by atoms with Gasteiger partial charge >= 0.3 is 0 Å². The molecule has 0 unspecified atom stereocenters. The lowest BCUT2D eigenvalue weighted by molar-refractivity contribution is -0.384. The number of hydrogen-bond acceptors (Lipinski definition) is 3. The van der Waals surface area contributed by atoms with Crippen LogP contribution in [-0.2, 0) is 0 Å². The lowest BCUT2D eigenvalue weighted by Gasteiger charge is -2.14. The zero-order valence-electron chi connectivity index (χ0n) is 16.4. The second-order valence-corrected chi connectivity index (χ2v) is 6.85. The topological polar surface area (TPSA) is 71.9 Å². The van der Waals surface area contributed by atoms with Crippen LogP contribution in [0.4, 0.5) is 5.69 Å². The van der Waals surface area contributed by atoms with Crippen LogP contribution >= 0.6 is 0 Å². The van der Waals surface area contributed by atoms with Gasteiger partial charge in [0.25, 0.3) is 5.69 Å². The first-order valence-electron chi connectivity index (χ1n) is 8.95. The molecule has 1 aromatic heterocycles. The number of non-ortho nitro benzene ring substituents is 1. The molecule has 1 heterocycles. The molecule has 0 aliphatic heterocycles. The summed E-state index contributed by atoms with van der Waals surface area (Å²) in [4.78, 5) is 10.4. The monoisotopic (exact) mass is 371 g/mol. The third-order valence-corrected chi connectivity index (χ3v) is 5.10. The van der Waals surface area contributed by atoms with Crippen LogP contribution in [0, 0.1) is 49.1 Å². The smallest absolute Gasteiger partial charge is 0.269 e. The fourth-order valence-electron chi connectivity index (χ4n) is 3.38. The largest absolute Gasteiger partial charge is 0.318 e. The number of nitro benzene ring substituents is 1. The normalized spacial score (nSPS) is 11.3. The van der Waals surface area contributed by atoms with E-state index < -0.39 is 4.92 Å². The first kappa shape index (κ1) is 19.1. The Bertz CT molecular complexity index is 1130. The van der Waals surface area contributed by atoms with Gasteiger partial charge in [-0.1, -0.05) is 12.1 Å². The summed E-state index contributed by atoms with van der Waals surface area (Å²) in [7, 11) is 0. The Kier molecular flexibility index (Phi) is 5.14. The predicted octanol–water partition coefficient (Wildman–Crippen LogP) is 5.68. The molecule has 0 N–H and O–H groups in total. The lowest BCUT2D eigenvalue weighted by atomic mass is 10.0. The van der Waals surface area contributed by atoms with E-state index in [2.05, 4.69) is 42.7 Å². The molecule has 0 saturated heterocycles. The summed E-state index contributed by atoms with van der Waals surface area (Å²) >= 11 is 0. The summed E-state index contributed by atoms with van der Waals surface area (Å²) in [6.45, 7) is 8.28. The number of benzene rings is 2. The number of allylic oxidation sites excluding steroid dienone is 1. The Morgan fingerprint density at radius 1 is 1.11 bits per heavy atom. The molecule has 5 nitrogen and oxygen atoms in total. The van der Waals surface area contributed by atoms with E-state index in [9.17, 15) is 15.4 Å². The van der Waals surface area contributed by atoms with Gasteiger partial charge in [0.15, 0.2) is 0 Å². The first-order chi connectivity index (χ1) is 13.3. The molecule has 3 aromatic rings. The van der Waals surface area contributed by atoms with Gasteiger partial charge in [-0.2, -0.15) is 5.26 Å². The highest BCUT2D eigenvalue weighted by atomic mass is 16.6. The Balaban J connectivity index is 2.08. The molecule has 140 valence electrons. The van der Waals surface area contributed by atoms with Crippen molar-refractivity contribution < 1.29 is 4.92 Å². The molecule has 0 aliphatic rings. The van der Waals surface area contributed by atoms with E-state index in [1.807, 2.05) is 26.0 Å². The van der Waals surface area contributed by atoms with Gasteiger partial charge in [0.1, 0.15) is 0 Å². The third-order valence-electron chi connectivity index (χ3n) is 5.10. The van der Waals surface area contributed by atoms with E-state index in [-0.39, 0.29) is 5.69 Å². The molecule has 2 aromatic carbocycles. The molecule has 3 rings (SSSR count). The van der Waals surface area contributed by atoms with Crippen LogP contribution in [0.1, 0.15) is 33.6 Å². The van der Waals surface area contributed by atoms with Crippen LogP contribution in [0.3, 0.4) is 0 Å². The molecule has 0 fully saturated rings. The number of aromatic nitrogens is 1. The van der Waals surface area contributed by atoms with E-state index >= 15 is 0 Å². The van der Waals surface area contributed by atoms with Crippen molar-refractivity contribution in [3.05, 3.63) is 92.3 Å². The van der Waals surface area contributed by atoms with Gasteiger partial charge in [-0.05, 0) is 80.3 Å². The average Bonchev–Trinajstić information content (AvgIpc) is 2.95. The SMILES string of the molecule is Cc1cccc(-n2c(C)cc(/C=C(/C#N)c3ccc([N+](=O)[O-])cc3)c2C)c1C. The zero-order valence-corrected chi connectivity index (χ0v) is 16.4. The van der Waals surface area contributed by atoms with Crippen molar-refractivity contribution in [1.29, 1.82) is 5.26 Å². The number of hydrogen-bond donors (Lipinski definition) is 0. The van der Waals surface area contributed by atoms with Crippen molar-refractivity contribution in [2.75, 3.05) is 0 Å². The van der Waals surface area contributed by atoms with E-state index in [1.165, 1.54) is 23.3 Å². The van der Waals surface area contributed by atoms with Crippen molar-refractivity contribution in [2.24, 2.45) is 0 Å². The standard InChI is InChI=1S/C23H21N3O2/c1-15-6-5-7-23(17(15)3)25-16(2)12-20(18(25)4)13-21(14-24)19-8-10-22(11-9-19)26(27)28/h5-13H,1-4H3/b21-13-. The molecule has 0 aliphatic carbocycles. The second-order valence-electron chi connectivity index (χ2n) is 6.85. The van der Waals surface area contributed by atoms with E-state index in [0.29, 0.717) is 11.1 Å². The van der Waals surface area contributed by atoms with E-state index in [0.717, 1.165) is 22.6 Å². The summed E-state index contributed by atoms with van der Waals surface area (Å²) in [5, 5.41) is 20.5. The molecule has 0 saturated carbocycles. The van der Waals surface area contributed by atoms with Gasteiger partial charge < -0.3 is 4.57 Å². The predicted molar refractivity (Wildman–Crippen MR) is 111 cm³/mol. The quantitative estimate of drug-likeness (QED) is 0.336. The second kappa shape index (κ2) is 7.53. The average molecular weight is 371 g/mol. The van der Waals surface area contributed by atoms with Crippen LogP contribution < -0.4 is 0 Å². The van der Waals surface area contributed by atoms with Crippen LogP contribution in [0.5, 0.6) is 0 Å². The molecule has 0 bridgehead atoms. The van der Waals surface area contributed by atoms with Crippen molar-refractivity contribution in [1.82, 2.24) is 4.57 Å². The third kappa shape index (κ3) is 3.45. The van der Waals surface area contributed by atoms with Gasteiger partial charge in [0.2, 0.25) is 0 Å². The van der Waals surface area contributed by atoms with Crippen LogP contribution in [-0.4, -0.2) is 9.49 Å². The van der Waals surface area contributed by atoms with Crippen molar-refractivity contribution in [2.45, 2.75) is 27.7 Å². The number of nitriles is 1. The fraction of sp³-hybridized carbons (Fsp3) is 0.174. The maximum absolute atomic E-state index is 10.8. The minimum atomic E-state index is -0.447. The van der Waals surface area contributed by atoms with Crippen molar-refractivity contribution >= 4 is 17.3 Å². The minimum Gasteiger partial charge on any atom is -0.318 e. The molecular weight excluding hydrogens is 350 g/mol. The van der Waals surface area contributed by atoms with Crippen LogP contribution in [0.25, 0.3) is 17.3 Å². The molecule has 0 atom stereocenters. The minimum absolute atomic E-state index is 0.00846. The molecule has 0 spiro atoms. The molecule has 0 amide bonds. The fourth-order valence-corrected chi connectivity index (χ4v) is 3.38. The van der Waals surface area contributed by atoms with Crippen molar-refractivity contribution in [3.63, 3.8) is 0 Å². The van der Waals surface area contributed by atoms with Crippen molar-refractivity contribution in [3.8, 4) is 11.8 Å². The number of aryl methyl sites for hydroxylation is 2. The highest BCUT2D eigenvalue weighted by Crippen LogP contribution is 2.28. The highest BCUT2D eigenvalue weighted by Gasteiger charge is 2.13. The number of nitrogens with zero attached hydrogens (tertiary/aromatic N) is 3. The summed E-state index contributed by atoms with van der Waals surface area (Å²) in [5.41, 5.74) is 7.78. The maximum atomic E-state index is 10.8. The van der Waals surface area contributed by atoms with E-state index in [4.69, 9.17) is 0 Å². The lowest BCUT2D eigenvalue weighted by Crippen LogP contribution is -2.02. The Morgan fingerprint density at radius 3 is 2.39 bits per heavy atom. The maximum Gasteiger partial charge on any atom is 0.269 e. The molecular formula is C23H21N3O2. The summed E-state index contributed by atoms with van der Waals surface area (Å²) in [6, 6.07) is 16.6. The zero-order chi connectivity index (χ0) is 20.4. The molecule has 0 radical (unpaired) electrons. The van der Waals surface area contributed by atoms with Crippen LogP contribution in [0.15, 0.2) is 48.5 Å². The summed E-state index contributed by atoms with van der Waals surface area (Å²) < 4.78 is 2.19. The highest BCUT2D eigenvalue weighted by molar-refractivity contribution is 5.90. The summed E-state index contributed by atoms with van der Waals surface area (Å²) in [5.74, 6) is 0. The van der Waals surface area contributed by atoms with E-state index in [1.54, 1.807) is 12.1 Å². The van der Waals surface area contributed by atoms with Gasteiger partial charge in [0, 0.05) is 29.2 Å². The van der Waals surface area contributed by atoms with Gasteiger partial charge in [-0.15, -0.1) is 0 Å². The molecule has 5 heteroatoms. The van der Waals surface area contributed by atoms with Gasteiger partial charge in [-0.3, -0.25) is 10.1 Å². The molecule has 28 heavy (non-hydrogen) atoms. The Labute approximate surface area is 164 Å². The summed E-state index contributed by atoms with van der Waals surface area (Å²) in [6.07, 6.45) is 1.84. The number of nitro groups is 1.